The van der Waals surface area contributed by atoms with E-state index in [1.807, 2.05) is 86.7 Å². The summed E-state index contributed by atoms with van der Waals surface area (Å²) in [5.41, 5.74) is -0.627. The summed E-state index contributed by atoms with van der Waals surface area (Å²) >= 11 is 0. The Balaban J connectivity index is 1.53. The average molecular weight is 407 g/mol. The van der Waals surface area contributed by atoms with Gasteiger partial charge in [0.2, 0.25) is 0 Å². The summed E-state index contributed by atoms with van der Waals surface area (Å²) in [7, 11) is 0. The summed E-state index contributed by atoms with van der Waals surface area (Å²) in [5.74, 6) is -0.467. The van der Waals surface area contributed by atoms with E-state index >= 15 is 0 Å². The highest BCUT2D eigenvalue weighted by atomic mass is 16.5. The number of Topliss-reactive ketones (excluding diaryl/α,β-unsaturated/α-hetero) is 1. The number of fused-ring (bicyclic) bond motifs is 1. The second-order valence-corrected chi connectivity index (χ2v) is 9.02. The lowest BCUT2D eigenvalue weighted by atomic mass is 9.62. The summed E-state index contributed by atoms with van der Waals surface area (Å²) in [5, 5.41) is 11.7. The SMILES string of the molecule is C[C@@]1(COCc2ccccc2)[C@](C)(COCc2ccccc2)C(=O)[C@H]2C=CC[C@]21O. The lowest BCUT2D eigenvalue weighted by Gasteiger charge is -2.46. The smallest absolute Gasteiger partial charge is 0.151 e. The van der Waals surface area contributed by atoms with E-state index in [1.54, 1.807) is 0 Å². The van der Waals surface area contributed by atoms with Gasteiger partial charge in [-0.1, -0.05) is 79.7 Å². The molecule has 1 fully saturated rings. The minimum atomic E-state index is -1.15. The van der Waals surface area contributed by atoms with Crippen molar-refractivity contribution in [3.8, 4) is 0 Å². The van der Waals surface area contributed by atoms with Gasteiger partial charge in [-0.25, -0.2) is 0 Å². The molecule has 0 spiro atoms. The molecule has 2 aromatic carbocycles. The summed E-state index contributed by atoms with van der Waals surface area (Å²) in [4.78, 5) is 13.5. The molecule has 30 heavy (non-hydrogen) atoms. The summed E-state index contributed by atoms with van der Waals surface area (Å²) in [6.45, 7) is 5.32. The van der Waals surface area contributed by atoms with Crippen molar-refractivity contribution in [2.45, 2.75) is 39.1 Å². The Hall–Kier alpha value is -2.27. The van der Waals surface area contributed by atoms with Gasteiger partial charge in [0.05, 0.1) is 43.4 Å². The molecule has 1 N–H and O–H groups in total. The molecule has 0 aliphatic heterocycles. The molecule has 0 saturated heterocycles. The van der Waals surface area contributed by atoms with E-state index in [2.05, 4.69) is 0 Å². The number of carbonyl (C=O) groups excluding carboxylic acids is 1. The highest BCUT2D eigenvalue weighted by molar-refractivity contribution is 5.94. The fraction of sp³-hybridized carbons (Fsp3) is 0.423. The van der Waals surface area contributed by atoms with Crippen molar-refractivity contribution in [2.75, 3.05) is 13.2 Å². The van der Waals surface area contributed by atoms with Gasteiger partial charge in [0.15, 0.2) is 5.78 Å². The molecule has 4 heteroatoms. The minimum absolute atomic E-state index is 0.0395. The van der Waals surface area contributed by atoms with E-state index in [-0.39, 0.29) is 19.0 Å². The largest absolute Gasteiger partial charge is 0.388 e. The first-order valence-corrected chi connectivity index (χ1v) is 10.6. The Kier molecular flexibility index (Phi) is 5.67. The third-order valence-corrected chi connectivity index (χ3v) is 7.28. The van der Waals surface area contributed by atoms with Crippen LogP contribution in [0.15, 0.2) is 72.8 Å². The zero-order chi connectivity index (χ0) is 21.2. The molecule has 0 radical (unpaired) electrons. The molecule has 158 valence electrons. The molecule has 0 heterocycles. The molecule has 2 aliphatic rings. The van der Waals surface area contributed by atoms with Crippen molar-refractivity contribution in [3.05, 3.63) is 83.9 Å². The maximum Gasteiger partial charge on any atom is 0.151 e. The zero-order valence-corrected chi connectivity index (χ0v) is 17.7. The van der Waals surface area contributed by atoms with Crippen LogP contribution in [0, 0.1) is 16.7 Å². The van der Waals surface area contributed by atoms with Gasteiger partial charge in [-0.05, 0) is 24.5 Å². The van der Waals surface area contributed by atoms with Crippen LogP contribution < -0.4 is 0 Å². The van der Waals surface area contributed by atoms with Gasteiger partial charge in [-0.3, -0.25) is 4.79 Å². The van der Waals surface area contributed by atoms with Crippen molar-refractivity contribution < 1.29 is 19.4 Å². The zero-order valence-electron chi connectivity index (χ0n) is 17.7. The van der Waals surface area contributed by atoms with E-state index in [0.717, 1.165) is 11.1 Å². The molecule has 0 unspecified atom stereocenters. The van der Waals surface area contributed by atoms with Gasteiger partial charge in [0.1, 0.15) is 0 Å². The van der Waals surface area contributed by atoms with Crippen LogP contribution in [0.2, 0.25) is 0 Å². The molecule has 1 saturated carbocycles. The summed E-state index contributed by atoms with van der Waals surface area (Å²) < 4.78 is 12.1. The number of hydrogen-bond donors (Lipinski definition) is 1. The van der Waals surface area contributed by atoms with Gasteiger partial charge < -0.3 is 14.6 Å². The Morgan fingerprint density at radius 1 is 0.900 bits per heavy atom. The van der Waals surface area contributed by atoms with E-state index < -0.39 is 22.3 Å². The van der Waals surface area contributed by atoms with E-state index in [4.69, 9.17) is 9.47 Å². The molecule has 0 aromatic heterocycles. The first-order chi connectivity index (χ1) is 14.4. The number of ether oxygens (including phenoxy) is 2. The van der Waals surface area contributed by atoms with Crippen LogP contribution in [0.1, 0.15) is 31.4 Å². The third kappa shape index (κ3) is 3.33. The quantitative estimate of drug-likeness (QED) is 0.663. The first kappa shape index (κ1) is 21.0. The predicted octanol–water partition coefficient (Wildman–Crippen LogP) is 4.32. The van der Waals surface area contributed by atoms with Crippen molar-refractivity contribution in [1.29, 1.82) is 0 Å². The van der Waals surface area contributed by atoms with Crippen LogP contribution in [0.5, 0.6) is 0 Å². The molecule has 0 amide bonds. The molecule has 4 atom stereocenters. The first-order valence-electron chi connectivity index (χ1n) is 10.6. The maximum atomic E-state index is 13.5. The Morgan fingerprint density at radius 3 is 2.00 bits per heavy atom. The van der Waals surface area contributed by atoms with Crippen LogP contribution in [0.4, 0.5) is 0 Å². The van der Waals surface area contributed by atoms with Gasteiger partial charge in [0, 0.05) is 5.41 Å². The average Bonchev–Trinajstić information content (AvgIpc) is 3.21. The highest BCUT2D eigenvalue weighted by Crippen LogP contribution is 2.62. The van der Waals surface area contributed by atoms with Crippen LogP contribution in [-0.2, 0) is 27.5 Å². The van der Waals surface area contributed by atoms with Crippen molar-refractivity contribution in [1.82, 2.24) is 0 Å². The van der Waals surface area contributed by atoms with Crippen molar-refractivity contribution in [2.24, 2.45) is 16.7 Å². The molecule has 4 nitrogen and oxygen atoms in total. The molecular weight excluding hydrogens is 376 g/mol. The van der Waals surface area contributed by atoms with Crippen LogP contribution in [0.3, 0.4) is 0 Å². The number of carbonyl (C=O) groups is 1. The fourth-order valence-corrected chi connectivity index (χ4v) is 5.04. The molecular formula is C26H30O4. The predicted molar refractivity (Wildman–Crippen MR) is 116 cm³/mol. The number of ketones is 1. The van der Waals surface area contributed by atoms with Gasteiger partial charge in [0.25, 0.3) is 0 Å². The Labute approximate surface area is 178 Å². The van der Waals surface area contributed by atoms with Crippen LogP contribution in [0.25, 0.3) is 0 Å². The van der Waals surface area contributed by atoms with E-state index in [1.165, 1.54) is 0 Å². The number of rotatable bonds is 8. The third-order valence-electron chi connectivity index (χ3n) is 7.28. The van der Waals surface area contributed by atoms with E-state index in [9.17, 15) is 9.90 Å². The molecule has 4 rings (SSSR count). The summed E-state index contributed by atoms with van der Waals surface area (Å²) in [6.07, 6.45) is 4.24. The van der Waals surface area contributed by atoms with Gasteiger partial charge in [-0.2, -0.15) is 0 Å². The maximum absolute atomic E-state index is 13.5. The Bertz CT molecular complexity index is 909. The van der Waals surface area contributed by atoms with Gasteiger partial charge >= 0.3 is 0 Å². The highest BCUT2D eigenvalue weighted by Gasteiger charge is 2.72. The molecule has 2 aliphatic carbocycles. The van der Waals surface area contributed by atoms with Gasteiger partial charge in [-0.15, -0.1) is 0 Å². The van der Waals surface area contributed by atoms with Crippen LogP contribution >= 0.6 is 0 Å². The normalized spacial score (nSPS) is 32.5. The standard InChI is InChI=1S/C26H30O4/c1-24(18-29-16-20-10-5-3-6-11-20)23(27)22-14-9-15-26(22,28)25(24,2)19-30-17-21-12-7-4-8-13-21/h3-14,22,28H,15-19H2,1-2H3/t22-,24-,25-,26+/m1/s1. The van der Waals surface area contributed by atoms with E-state index in [0.29, 0.717) is 19.6 Å². The van der Waals surface area contributed by atoms with Crippen molar-refractivity contribution in [3.63, 3.8) is 0 Å². The fourth-order valence-electron chi connectivity index (χ4n) is 5.04. The number of hydrogen-bond acceptors (Lipinski definition) is 4. The second kappa shape index (κ2) is 8.10. The summed E-state index contributed by atoms with van der Waals surface area (Å²) in [6, 6.07) is 19.9. The minimum Gasteiger partial charge on any atom is -0.388 e. The topological polar surface area (TPSA) is 55.8 Å². The number of benzene rings is 2. The molecule has 0 bridgehead atoms. The Morgan fingerprint density at radius 2 is 1.43 bits per heavy atom. The lowest BCUT2D eigenvalue weighted by Crippen LogP contribution is -2.54. The monoisotopic (exact) mass is 406 g/mol. The van der Waals surface area contributed by atoms with Crippen molar-refractivity contribution >= 4 is 5.78 Å². The lowest BCUT2D eigenvalue weighted by molar-refractivity contribution is -0.160. The van der Waals surface area contributed by atoms with Crippen LogP contribution in [-0.4, -0.2) is 29.7 Å². The molecule has 2 aromatic rings. The number of aliphatic hydroxyl groups is 1. The second-order valence-electron chi connectivity index (χ2n) is 9.02.